The number of hydrogen-bond donors (Lipinski definition) is 4. The highest BCUT2D eigenvalue weighted by Gasteiger charge is 2.59. The highest BCUT2D eigenvalue weighted by Crippen LogP contribution is 2.55. The van der Waals surface area contributed by atoms with E-state index in [0.717, 1.165) is 37.5 Å². The predicted octanol–water partition coefficient (Wildman–Crippen LogP) is 6.95. The molecule has 12 nitrogen and oxygen atoms in total. The number of benzene rings is 2. The van der Waals surface area contributed by atoms with Gasteiger partial charge in [0.05, 0.1) is 10.8 Å². The number of fused-ring (bicyclic) bond motifs is 2. The van der Waals surface area contributed by atoms with Crippen LogP contribution in [0, 0.1) is 5.92 Å². The largest absolute Gasteiger partial charge is 0.480 e. The zero-order valence-corrected chi connectivity index (χ0v) is 35.0. The van der Waals surface area contributed by atoms with Crippen LogP contribution in [0.25, 0.3) is 10.1 Å². The molecule has 5 aliphatic rings. The van der Waals surface area contributed by atoms with Crippen LogP contribution in [0.4, 0.5) is 17.6 Å². The van der Waals surface area contributed by atoms with Crippen LogP contribution < -0.4 is 10.4 Å². The molecule has 3 amide bonds. The van der Waals surface area contributed by atoms with Gasteiger partial charge in [-0.05, 0) is 113 Å². The van der Waals surface area contributed by atoms with Gasteiger partial charge in [0.2, 0.25) is 17.7 Å². The Balaban J connectivity index is 1.03. The van der Waals surface area contributed by atoms with Crippen molar-refractivity contribution < 1.29 is 51.3 Å². The number of carboxylic acids is 1. The molecule has 4 heterocycles. The summed E-state index contributed by atoms with van der Waals surface area (Å²) in [6.45, 7) is 1.66. The third kappa shape index (κ3) is 8.24. The number of aliphatic carboxylic acids is 1. The van der Waals surface area contributed by atoms with E-state index in [-0.39, 0.29) is 71.1 Å². The molecule has 18 heteroatoms. The van der Waals surface area contributed by atoms with Crippen molar-refractivity contribution in [3.8, 4) is 0 Å². The summed E-state index contributed by atoms with van der Waals surface area (Å²) in [4.78, 5) is 70.8. The number of carbonyl (C=O) groups is 4. The second-order valence-electron chi connectivity index (χ2n) is 17.6. The Morgan fingerprint density at radius 1 is 1.00 bits per heavy atom. The molecule has 8 rings (SSSR count). The molecule has 2 aliphatic carbocycles. The number of carboxylic acid groups (broad SMARTS) is 1. The SMILES string of the molecule is C[C@H](NP(=O)(O)[C@@H](F)c1ccc2sc(C(=O)N[C@H]3CC[C@H](N(C)C4CC(C(F)(F)F)C4)C[C@H]4CC[C@@H](C(=O)N5C[C@H](c6ccccc6)CC56CC6)N4C3=O)cc2c1)C(=O)O. The van der Waals surface area contributed by atoms with Gasteiger partial charge < -0.3 is 30.0 Å². The van der Waals surface area contributed by atoms with E-state index in [4.69, 9.17) is 5.11 Å². The van der Waals surface area contributed by atoms with Crippen LogP contribution in [0.2, 0.25) is 0 Å². The maximum atomic E-state index is 15.4. The highest BCUT2D eigenvalue weighted by atomic mass is 32.1. The van der Waals surface area contributed by atoms with Crippen molar-refractivity contribution in [2.24, 2.45) is 5.92 Å². The minimum atomic E-state index is -4.82. The molecule has 2 saturated carbocycles. The summed E-state index contributed by atoms with van der Waals surface area (Å²) in [6, 6.07) is 11.5. The number of thiophene rings is 1. The number of halogens is 4. The Morgan fingerprint density at radius 2 is 1.72 bits per heavy atom. The molecule has 60 heavy (non-hydrogen) atoms. The van der Waals surface area contributed by atoms with Crippen LogP contribution in [0.5, 0.6) is 0 Å². The average molecular weight is 876 g/mol. The van der Waals surface area contributed by atoms with Crippen LogP contribution in [-0.4, -0.2) is 110 Å². The van der Waals surface area contributed by atoms with Crippen molar-refractivity contribution in [2.45, 2.75) is 131 Å². The summed E-state index contributed by atoms with van der Waals surface area (Å²) < 4.78 is 69.1. The number of rotatable bonds is 11. The molecule has 0 bridgehead atoms. The zero-order chi connectivity index (χ0) is 42.9. The van der Waals surface area contributed by atoms with Crippen LogP contribution in [-0.2, 0) is 18.9 Å². The normalized spacial score (nSPS) is 29.7. The average Bonchev–Trinajstić information content (AvgIpc) is 3.47. The van der Waals surface area contributed by atoms with Crippen molar-refractivity contribution >= 4 is 52.6 Å². The van der Waals surface area contributed by atoms with E-state index in [0.29, 0.717) is 42.3 Å². The van der Waals surface area contributed by atoms with Gasteiger partial charge in [-0.25, -0.2) is 9.48 Å². The van der Waals surface area contributed by atoms with E-state index < -0.39 is 55.5 Å². The molecule has 324 valence electrons. The number of alkyl halides is 4. The second-order valence-corrected chi connectivity index (χ2v) is 20.6. The summed E-state index contributed by atoms with van der Waals surface area (Å²) in [5.74, 6) is -6.13. The van der Waals surface area contributed by atoms with E-state index in [1.165, 1.54) is 29.8 Å². The topological polar surface area (TPSA) is 160 Å². The summed E-state index contributed by atoms with van der Waals surface area (Å²) in [7, 11) is -2.99. The second kappa shape index (κ2) is 16.1. The van der Waals surface area contributed by atoms with Crippen LogP contribution in [0.1, 0.15) is 104 Å². The van der Waals surface area contributed by atoms with Gasteiger partial charge in [0.1, 0.15) is 18.1 Å². The van der Waals surface area contributed by atoms with Gasteiger partial charge in [0.15, 0.2) is 0 Å². The first-order valence-corrected chi connectivity index (χ1v) is 23.2. The molecule has 3 aromatic rings. The number of likely N-dealkylation sites (tertiary alicyclic amines) is 1. The first kappa shape index (κ1) is 42.8. The monoisotopic (exact) mass is 875 g/mol. The van der Waals surface area contributed by atoms with Crippen LogP contribution in [0.3, 0.4) is 0 Å². The Labute approximate surface area is 349 Å². The molecule has 1 aromatic heterocycles. The van der Waals surface area contributed by atoms with Crippen molar-refractivity contribution in [3.05, 3.63) is 70.6 Å². The minimum Gasteiger partial charge on any atom is -0.480 e. The molecular weight excluding hydrogens is 826 g/mol. The zero-order valence-electron chi connectivity index (χ0n) is 33.3. The van der Waals surface area contributed by atoms with E-state index in [2.05, 4.69) is 17.4 Å². The smallest absolute Gasteiger partial charge is 0.391 e. The number of nitrogens with one attached hydrogen (secondary N) is 2. The first-order chi connectivity index (χ1) is 28.3. The molecule has 4 N–H and O–H groups in total. The summed E-state index contributed by atoms with van der Waals surface area (Å²) in [5.41, 5.74) is 0.723. The van der Waals surface area contributed by atoms with Crippen molar-refractivity contribution in [2.75, 3.05) is 13.6 Å². The fraction of sp³-hybridized carbons (Fsp3) is 0.571. The Bertz CT molecular complexity index is 2200. The Morgan fingerprint density at radius 3 is 2.38 bits per heavy atom. The Kier molecular flexibility index (Phi) is 11.5. The first-order valence-electron chi connectivity index (χ1n) is 20.6. The fourth-order valence-electron chi connectivity index (χ4n) is 10.0. The Hall–Kier alpha value is -3.89. The maximum Gasteiger partial charge on any atom is 0.391 e. The van der Waals surface area contributed by atoms with Crippen molar-refractivity contribution in [3.63, 3.8) is 0 Å². The lowest BCUT2D eigenvalue weighted by Gasteiger charge is -2.47. The maximum absolute atomic E-state index is 15.4. The third-order valence-electron chi connectivity index (χ3n) is 13.8. The fourth-order valence-corrected chi connectivity index (χ4v) is 12.4. The van der Waals surface area contributed by atoms with Gasteiger partial charge >= 0.3 is 19.7 Å². The lowest BCUT2D eigenvalue weighted by molar-refractivity contribution is -0.207. The van der Waals surface area contributed by atoms with Gasteiger partial charge in [-0.1, -0.05) is 36.4 Å². The molecule has 8 atom stereocenters. The molecule has 2 aromatic carbocycles. The van der Waals surface area contributed by atoms with E-state index in [1.807, 2.05) is 40.1 Å². The molecule has 3 saturated heterocycles. The molecule has 0 radical (unpaired) electrons. The molecular formula is C42H50F4N5O7PS. The van der Waals surface area contributed by atoms with E-state index >= 15 is 4.39 Å². The lowest BCUT2D eigenvalue weighted by Crippen LogP contribution is -2.60. The van der Waals surface area contributed by atoms with E-state index in [1.54, 1.807) is 4.90 Å². The quantitative estimate of drug-likeness (QED) is 0.118. The third-order valence-corrected chi connectivity index (χ3v) is 16.6. The van der Waals surface area contributed by atoms with Gasteiger partial charge in [-0.3, -0.25) is 23.7 Å². The summed E-state index contributed by atoms with van der Waals surface area (Å²) in [5, 5.41) is 14.4. The van der Waals surface area contributed by atoms with Crippen molar-refractivity contribution in [1.29, 1.82) is 0 Å². The predicted molar refractivity (Wildman–Crippen MR) is 216 cm³/mol. The number of hydrogen-bond acceptors (Lipinski definition) is 7. The van der Waals surface area contributed by atoms with Gasteiger partial charge in [-0.2, -0.15) is 13.2 Å². The summed E-state index contributed by atoms with van der Waals surface area (Å²) in [6.07, 6.45) is 0.463. The number of nitrogens with zero attached hydrogens (tertiary/aromatic N) is 3. The van der Waals surface area contributed by atoms with E-state index in [9.17, 15) is 41.8 Å². The molecule has 1 spiro atoms. The van der Waals surface area contributed by atoms with Crippen molar-refractivity contribution in [1.82, 2.24) is 25.1 Å². The van der Waals surface area contributed by atoms with Gasteiger partial charge in [0, 0.05) is 40.8 Å². The van der Waals surface area contributed by atoms with Crippen LogP contribution >= 0.6 is 18.9 Å². The molecule has 3 aliphatic heterocycles. The number of amides is 3. The number of carbonyl (C=O) groups excluding carboxylic acids is 3. The van der Waals surface area contributed by atoms with Gasteiger partial charge in [0.25, 0.3) is 5.91 Å². The highest BCUT2D eigenvalue weighted by molar-refractivity contribution is 7.56. The van der Waals surface area contributed by atoms with Crippen LogP contribution in [0.15, 0.2) is 54.6 Å². The molecule has 5 fully saturated rings. The lowest BCUT2D eigenvalue weighted by atomic mass is 9.77. The van der Waals surface area contributed by atoms with Gasteiger partial charge in [-0.15, -0.1) is 11.3 Å². The molecule has 1 unspecified atom stereocenters. The standard InChI is InChI=1S/C42H50F4N5O7PS/c1-23(40(55)56)48-59(57,58)36(43)25-8-13-34-26(16-25)17-35(60-34)37(52)47-32-11-9-29(49(2)31-18-28(19-31)42(44,45)46)20-30-10-12-33(51(30)38(32)53)39(54)50-22-27(21-41(50)14-15-41)24-6-4-3-5-7-24/h3-8,13,16-17,23,27-33,36H,9-12,14-15,18-22H2,1-2H3,(H,47,52)(H,55,56)(H2,48,57,58)/t23-,27+,28?,29-,30+,31?,32-,33-,36+/m0/s1. The summed E-state index contributed by atoms with van der Waals surface area (Å²) >= 11 is 1.07. The minimum absolute atomic E-state index is 0.00462.